The lowest BCUT2D eigenvalue weighted by atomic mass is 9.82. The van der Waals surface area contributed by atoms with Crippen LogP contribution < -0.4 is 4.90 Å². The van der Waals surface area contributed by atoms with E-state index in [1.165, 1.54) is 50.1 Å². The molecule has 2 heteroatoms. The molecule has 252 valence electrons. The smallest absolute Gasteiger partial charge is 0.137 e. The van der Waals surface area contributed by atoms with Gasteiger partial charge in [0.1, 0.15) is 11.2 Å². The second-order valence-corrected chi connectivity index (χ2v) is 14.4. The molecule has 9 aromatic rings. The molecule has 2 nitrogen and oxygen atoms in total. The Kier molecular flexibility index (Phi) is 7.19. The highest BCUT2D eigenvalue weighted by Gasteiger charge is 2.37. The minimum absolute atomic E-state index is 0.106. The van der Waals surface area contributed by atoms with Crippen LogP contribution in [0.15, 0.2) is 192 Å². The summed E-state index contributed by atoms with van der Waals surface area (Å²) in [5.41, 5.74) is 17.4. The van der Waals surface area contributed by atoms with Crippen LogP contribution in [0, 0.1) is 0 Å². The maximum Gasteiger partial charge on any atom is 0.137 e. The van der Waals surface area contributed by atoms with E-state index >= 15 is 0 Å². The van der Waals surface area contributed by atoms with Crippen LogP contribution in [0.1, 0.15) is 25.0 Å². The fourth-order valence-electron chi connectivity index (χ4n) is 8.69. The largest absolute Gasteiger partial charge is 0.456 e. The summed E-state index contributed by atoms with van der Waals surface area (Å²) in [6, 6.07) is 67.8. The van der Waals surface area contributed by atoms with Crippen molar-refractivity contribution in [3.8, 4) is 44.5 Å². The van der Waals surface area contributed by atoms with Crippen molar-refractivity contribution in [1.82, 2.24) is 0 Å². The summed E-state index contributed by atoms with van der Waals surface area (Å²) < 4.78 is 6.52. The van der Waals surface area contributed by atoms with Gasteiger partial charge in [0, 0.05) is 21.9 Å². The molecule has 1 heterocycles. The van der Waals surface area contributed by atoms with Crippen molar-refractivity contribution < 1.29 is 4.42 Å². The third-order valence-corrected chi connectivity index (χ3v) is 11.1. The SMILES string of the molecule is CC1(C)c2ccccc2-c2c(-c3ccccc3N(c3ccccc3-c3ccccc3-c3ccccc3)c3cccc4oc5ccccc5c34)cccc21. The summed E-state index contributed by atoms with van der Waals surface area (Å²) in [7, 11) is 0. The predicted octanol–water partition coefficient (Wildman–Crippen LogP) is 14.4. The van der Waals surface area contributed by atoms with E-state index < -0.39 is 0 Å². The summed E-state index contributed by atoms with van der Waals surface area (Å²) >= 11 is 0. The Hall–Kier alpha value is -6.64. The van der Waals surface area contributed by atoms with Gasteiger partial charge >= 0.3 is 0 Å². The number of anilines is 3. The Morgan fingerprint density at radius 3 is 1.66 bits per heavy atom. The first kappa shape index (κ1) is 31.1. The van der Waals surface area contributed by atoms with Crippen LogP contribution in [0.5, 0.6) is 0 Å². The second kappa shape index (κ2) is 12.3. The molecular formula is C51H37NO. The molecule has 10 rings (SSSR count). The standard InChI is InChI=1S/C51H37NO/c1-51(2)42-27-12-8-24-40(42)49-39(26-16-28-43(49)51)38-23-10-14-30-45(38)52(46-31-17-33-48-50(46)41-25-11-15-32-47(41)53-48)44-29-13-9-22-37(44)36-21-7-6-20-35(36)34-18-4-3-5-19-34/h3-33H,1-2H3. The second-order valence-electron chi connectivity index (χ2n) is 14.4. The fourth-order valence-corrected chi connectivity index (χ4v) is 8.69. The summed E-state index contributed by atoms with van der Waals surface area (Å²) in [6.07, 6.45) is 0. The minimum Gasteiger partial charge on any atom is -0.456 e. The lowest BCUT2D eigenvalue weighted by Gasteiger charge is -2.31. The quantitative estimate of drug-likeness (QED) is 0.174. The van der Waals surface area contributed by atoms with Gasteiger partial charge in [-0.3, -0.25) is 0 Å². The van der Waals surface area contributed by atoms with Crippen molar-refractivity contribution in [2.75, 3.05) is 4.90 Å². The molecule has 8 aromatic carbocycles. The number of hydrogen-bond donors (Lipinski definition) is 0. The third-order valence-electron chi connectivity index (χ3n) is 11.1. The maximum atomic E-state index is 6.52. The first-order chi connectivity index (χ1) is 26.1. The highest BCUT2D eigenvalue weighted by atomic mass is 16.3. The third kappa shape index (κ3) is 4.87. The normalized spacial score (nSPS) is 12.9. The van der Waals surface area contributed by atoms with Gasteiger partial charge in [0.2, 0.25) is 0 Å². The monoisotopic (exact) mass is 679 g/mol. The van der Waals surface area contributed by atoms with Gasteiger partial charge in [0.15, 0.2) is 0 Å². The van der Waals surface area contributed by atoms with Gasteiger partial charge in [-0.1, -0.05) is 172 Å². The molecule has 0 bridgehead atoms. The minimum atomic E-state index is -0.106. The molecule has 0 atom stereocenters. The van der Waals surface area contributed by atoms with E-state index in [-0.39, 0.29) is 5.41 Å². The van der Waals surface area contributed by atoms with Crippen molar-refractivity contribution in [1.29, 1.82) is 0 Å². The lowest BCUT2D eigenvalue weighted by molar-refractivity contribution is 0.660. The summed E-state index contributed by atoms with van der Waals surface area (Å²) in [6.45, 7) is 4.70. The zero-order chi connectivity index (χ0) is 35.5. The van der Waals surface area contributed by atoms with Gasteiger partial charge in [0.25, 0.3) is 0 Å². The zero-order valence-corrected chi connectivity index (χ0v) is 29.8. The molecule has 0 aliphatic heterocycles. The van der Waals surface area contributed by atoms with Crippen molar-refractivity contribution in [3.63, 3.8) is 0 Å². The Balaban J connectivity index is 1.29. The van der Waals surface area contributed by atoms with E-state index in [4.69, 9.17) is 4.42 Å². The molecule has 1 aliphatic carbocycles. The predicted molar refractivity (Wildman–Crippen MR) is 222 cm³/mol. The van der Waals surface area contributed by atoms with E-state index in [9.17, 15) is 0 Å². The number of para-hydroxylation sites is 3. The van der Waals surface area contributed by atoms with Gasteiger partial charge in [-0.25, -0.2) is 0 Å². The van der Waals surface area contributed by atoms with E-state index in [1.807, 2.05) is 6.07 Å². The molecular weight excluding hydrogens is 643 g/mol. The molecule has 0 unspecified atom stereocenters. The molecule has 0 N–H and O–H groups in total. The average Bonchev–Trinajstić information content (AvgIpc) is 3.71. The molecule has 0 radical (unpaired) electrons. The molecule has 1 aromatic heterocycles. The van der Waals surface area contributed by atoms with E-state index in [0.717, 1.165) is 44.6 Å². The van der Waals surface area contributed by atoms with Crippen LogP contribution in [-0.4, -0.2) is 0 Å². The molecule has 0 spiro atoms. The van der Waals surface area contributed by atoms with Crippen LogP contribution >= 0.6 is 0 Å². The molecule has 1 aliphatic rings. The topological polar surface area (TPSA) is 16.4 Å². The maximum absolute atomic E-state index is 6.52. The number of furan rings is 1. The van der Waals surface area contributed by atoms with Crippen molar-refractivity contribution in [2.24, 2.45) is 0 Å². The number of hydrogen-bond acceptors (Lipinski definition) is 2. The van der Waals surface area contributed by atoms with Crippen molar-refractivity contribution in [3.05, 3.63) is 199 Å². The van der Waals surface area contributed by atoms with Crippen molar-refractivity contribution in [2.45, 2.75) is 19.3 Å². The zero-order valence-electron chi connectivity index (χ0n) is 29.8. The van der Waals surface area contributed by atoms with Crippen LogP contribution in [0.2, 0.25) is 0 Å². The van der Waals surface area contributed by atoms with Crippen LogP contribution in [-0.2, 0) is 5.41 Å². The first-order valence-corrected chi connectivity index (χ1v) is 18.4. The number of rotatable bonds is 6. The van der Waals surface area contributed by atoms with E-state index in [1.54, 1.807) is 0 Å². The Bertz CT molecular complexity index is 2820. The number of nitrogens with zero attached hydrogens (tertiary/aromatic N) is 1. The molecule has 0 fully saturated rings. The Morgan fingerprint density at radius 2 is 0.887 bits per heavy atom. The summed E-state index contributed by atoms with van der Waals surface area (Å²) in [5, 5.41) is 2.19. The van der Waals surface area contributed by atoms with Gasteiger partial charge in [-0.15, -0.1) is 0 Å². The molecule has 53 heavy (non-hydrogen) atoms. The van der Waals surface area contributed by atoms with Gasteiger partial charge < -0.3 is 9.32 Å². The van der Waals surface area contributed by atoms with E-state index in [0.29, 0.717) is 0 Å². The van der Waals surface area contributed by atoms with Crippen LogP contribution in [0.25, 0.3) is 66.4 Å². The van der Waals surface area contributed by atoms with E-state index in [2.05, 4.69) is 201 Å². The van der Waals surface area contributed by atoms with Crippen LogP contribution in [0.4, 0.5) is 17.1 Å². The van der Waals surface area contributed by atoms with Gasteiger partial charge in [-0.2, -0.15) is 0 Å². The average molecular weight is 680 g/mol. The Labute approximate surface area is 310 Å². The molecule has 0 amide bonds. The van der Waals surface area contributed by atoms with Crippen LogP contribution in [0.3, 0.4) is 0 Å². The van der Waals surface area contributed by atoms with Gasteiger partial charge in [0.05, 0.1) is 22.4 Å². The molecule has 0 saturated carbocycles. The lowest BCUT2D eigenvalue weighted by Crippen LogP contribution is -2.15. The fraction of sp³-hybridized carbons (Fsp3) is 0.0588. The summed E-state index contributed by atoms with van der Waals surface area (Å²) in [4.78, 5) is 2.47. The number of fused-ring (bicyclic) bond motifs is 6. The Morgan fingerprint density at radius 1 is 0.377 bits per heavy atom. The molecule has 0 saturated heterocycles. The highest BCUT2D eigenvalue weighted by Crippen LogP contribution is 2.55. The first-order valence-electron chi connectivity index (χ1n) is 18.4. The van der Waals surface area contributed by atoms with Crippen molar-refractivity contribution >= 4 is 39.0 Å². The van der Waals surface area contributed by atoms with Gasteiger partial charge in [-0.05, 0) is 74.8 Å². The number of benzene rings is 8. The highest BCUT2D eigenvalue weighted by molar-refractivity contribution is 6.15. The summed E-state index contributed by atoms with van der Waals surface area (Å²) in [5.74, 6) is 0.